The fourth-order valence-corrected chi connectivity index (χ4v) is 1.17. The predicted octanol–water partition coefficient (Wildman–Crippen LogP) is 2.29. The molecule has 0 aromatic heterocycles. The number of rotatable bonds is 5. The van der Waals surface area contributed by atoms with E-state index in [1.165, 1.54) is 0 Å². The van der Waals surface area contributed by atoms with Crippen LogP contribution >= 0.6 is 0 Å². The highest BCUT2D eigenvalue weighted by Gasteiger charge is 2.19. The second-order valence-electron chi connectivity index (χ2n) is 5.18. The van der Waals surface area contributed by atoms with Crippen molar-refractivity contribution in [1.82, 2.24) is 10.6 Å². The molecule has 0 aliphatic rings. The van der Waals surface area contributed by atoms with E-state index >= 15 is 0 Å². The molecule has 0 radical (unpaired) electrons. The van der Waals surface area contributed by atoms with Crippen molar-refractivity contribution in [1.29, 1.82) is 0 Å². The van der Waals surface area contributed by atoms with Crippen LogP contribution in [-0.4, -0.2) is 30.3 Å². The summed E-state index contributed by atoms with van der Waals surface area (Å²) in [6, 6.07) is 0.300. The molecule has 1 amide bonds. The fraction of sp³-hybridized carbons (Fsp3) is 0.917. The van der Waals surface area contributed by atoms with Crippen molar-refractivity contribution in [2.24, 2.45) is 0 Å². The molecule has 4 nitrogen and oxygen atoms in total. The van der Waals surface area contributed by atoms with Gasteiger partial charge in [-0.15, -0.1) is 0 Å². The van der Waals surface area contributed by atoms with Gasteiger partial charge in [0, 0.05) is 12.1 Å². The van der Waals surface area contributed by atoms with Gasteiger partial charge in [-0.05, 0) is 47.6 Å². The summed E-state index contributed by atoms with van der Waals surface area (Å²) in [6.07, 6.45) is 0.730. The molecule has 2 atom stereocenters. The maximum atomic E-state index is 11.5. The molecule has 0 fully saturated rings. The summed E-state index contributed by atoms with van der Waals surface area (Å²) >= 11 is 0. The van der Waals surface area contributed by atoms with Crippen molar-refractivity contribution in [2.45, 2.75) is 65.6 Å². The number of ether oxygens (including phenoxy) is 1. The second kappa shape index (κ2) is 6.74. The summed E-state index contributed by atoms with van der Waals surface area (Å²) in [5, 5.41) is 6.15. The molecule has 0 aromatic rings. The normalized spacial score (nSPS) is 15.4. The van der Waals surface area contributed by atoms with Gasteiger partial charge in [-0.2, -0.15) is 0 Å². The number of hydrogen-bond donors (Lipinski definition) is 2. The lowest BCUT2D eigenvalue weighted by Gasteiger charge is -2.25. The van der Waals surface area contributed by atoms with Crippen LogP contribution in [0.5, 0.6) is 0 Å². The summed E-state index contributed by atoms with van der Waals surface area (Å²) in [5.74, 6) is 0. The average Bonchev–Trinajstić information content (AvgIpc) is 2.10. The number of carbonyl (C=O) groups is 1. The molecule has 0 rings (SSSR count). The van der Waals surface area contributed by atoms with Crippen LogP contribution in [0.3, 0.4) is 0 Å². The highest BCUT2D eigenvalue weighted by atomic mass is 16.6. The van der Waals surface area contributed by atoms with Gasteiger partial charge in [0.15, 0.2) is 0 Å². The van der Waals surface area contributed by atoms with E-state index in [0.29, 0.717) is 0 Å². The van der Waals surface area contributed by atoms with Crippen LogP contribution in [0, 0.1) is 0 Å². The minimum Gasteiger partial charge on any atom is -0.444 e. The van der Waals surface area contributed by atoms with Gasteiger partial charge in [-0.25, -0.2) is 4.79 Å². The monoisotopic (exact) mass is 230 g/mol. The lowest BCUT2D eigenvalue weighted by Crippen LogP contribution is -2.48. The Morgan fingerprint density at radius 3 is 2.25 bits per heavy atom. The summed E-state index contributed by atoms with van der Waals surface area (Å²) in [5.41, 5.74) is -0.441. The van der Waals surface area contributed by atoms with Crippen molar-refractivity contribution >= 4 is 6.09 Å². The van der Waals surface area contributed by atoms with E-state index in [9.17, 15) is 4.79 Å². The van der Waals surface area contributed by atoms with Crippen molar-refractivity contribution in [3.63, 3.8) is 0 Å². The lowest BCUT2D eigenvalue weighted by molar-refractivity contribution is 0.0499. The molecule has 0 saturated heterocycles. The van der Waals surface area contributed by atoms with E-state index in [0.717, 1.165) is 13.0 Å². The number of carbonyl (C=O) groups excluding carboxylic acids is 1. The molecule has 16 heavy (non-hydrogen) atoms. The zero-order valence-corrected chi connectivity index (χ0v) is 11.4. The zero-order valence-electron chi connectivity index (χ0n) is 11.4. The Balaban J connectivity index is 3.94. The minimum absolute atomic E-state index is 0.0569. The Bertz CT molecular complexity index is 212. The van der Waals surface area contributed by atoms with Gasteiger partial charge >= 0.3 is 6.09 Å². The van der Waals surface area contributed by atoms with Gasteiger partial charge in [-0.1, -0.05) is 6.92 Å². The fourth-order valence-electron chi connectivity index (χ4n) is 1.17. The highest BCUT2D eigenvalue weighted by Crippen LogP contribution is 2.07. The van der Waals surface area contributed by atoms with Crippen LogP contribution in [-0.2, 0) is 4.74 Å². The van der Waals surface area contributed by atoms with Crippen LogP contribution in [0.25, 0.3) is 0 Å². The molecular formula is C12H26N2O2. The SMILES string of the molecule is CCCNC(C)C(C)NC(=O)OC(C)(C)C. The van der Waals surface area contributed by atoms with E-state index in [1.54, 1.807) is 0 Å². The van der Waals surface area contributed by atoms with E-state index in [2.05, 4.69) is 24.5 Å². The molecule has 0 aromatic carbocycles. The molecule has 96 valence electrons. The molecule has 4 heteroatoms. The summed E-state index contributed by atoms with van der Waals surface area (Å²) in [6.45, 7) is 12.7. The van der Waals surface area contributed by atoms with Crippen LogP contribution in [0.15, 0.2) is 0 Å². The van der Waals surface area contributed by atoms with Crippen LogP contribution in [0.4, 0.5) is 4.79 Å². The number of hydrogen-bond acceptors (Lipinski definition) is 3. The first-order chi connectivity index (χ1) is 7.26. The first-order valence-electron chi connectivity index (χ1n) is 5.99. The van der Waals surface area contributed by atoms with Gasteiger partial charge in [0.2, 0.25) is 0 Å². The second-order valence-corrected chi connectivity index (χ2v) is 5.18. The highest BCUT2D eigenvalue weighted by molar-refractivity contribution is 5.68. The molecule has 0 aliphatic heterocycles. The Morgan fingerprint density at radius 1 is 1.25 bits per heavy atom. The molecule has 0 saturated carbocycles. The van der Waals surface area contributed by atoms with Gasteiger partial charge < -0.3 is 15.4 Å². The van der Waals surface area contributed by atoms with Crippen molar-refractivity contribution < 1.29 is 9.53 Å². The Labute approximate surface area is 99.1 Å². The number of alkyl carbamates (subject to hydrolysis) is 1. The minimum atomic E-state index is -0.441. The van der Waals surface area contributed by atoms with Crippen molar-refractivity contribution in [3.8, 4) is 0 Å². The quantitative estimate of drug-likeness (QED) is 0.762. The van der Waals surface area contributed by atoms with E-state index in [1.807, 2.05) is 27.7 Å². The summed E-state index contributed by atoms with van der Waals surface area (Å²) in [7, 11) is 0. The van der Waals surface area contributed by atoms with Crippen molar-refractivity contribution in [2.75, 3.05) is 6.54 Å². The number of nitrogens with one attached hydrogen (secondary N) is 2. The van der Waals surface area contributed by atoms with E-state index in [4.69, 9.17) is 4.74 Å². The molecule has 0 aliphatic carbocycles. The molecule has 0 spiro atoms. The molecule has 0 bridgehead atoms. The predicted molar refractivity (Wildman–Crippen MR) is 66.6 cm³/mol. The van der Waals surface area contributed by atoms with E-state index in [-0.39, 0.29) is 18.2 Å². The van der Waals surface area contributed by atoms with Gasteiger partial charge in [0.25, 0.3) is 0 Å². The molecule has 2 N–H and O–H groups in total. The molecule has 2 unspecified atom stereocenters. The maximum absolute atomic E-state index is 11.5. The summed E-state index contributed by atoms with van der Waals surface area (Å²) in [4.78, 5) is 11.5. The number of amides is 1. The Morgan fingerprint density at radius 2 is 1.81 bits per heavy atom. The van der Waals surface area contributed by atoms with Crippen LogP contribution in [0.2, 0.25) is 0 Å². The smallest absolute Gasteiger partial charge is 0.407 e. The topological polar surface area (TPSA) is 50.4 Å². The standard InChI is InChI=1S/C12H26N2O2/c1-7-8-13-9(2)10(3)14-11(15)16-12(4,5)6/h9-10,13H,7-8H2,1-6H3,(H,14,15). The third-order valence-electron chi connectivity index (χ3n) is 2.21. The molecule has 0 heterocycles. The van der Waals surface area contributed by atoms with Gasteiger partial charge in [-0.3, -0.25) is 0 Å². The first kappa shape index (κ1) is 15.2. The van der Waals surface area contributed by atoms with Crippen LogP contribution < -0.4 is 10.6 Å². The first-order valence-corrected chi connectivity index (χ1v) is 5.99. The Kier molecular flexibility index (Phi) is 6.41. The third kappa shape index (κ3) is 7.51. The summed E-state index contributed by atoms with van der Waals surface area (Å²) < 4.78 is 5.19. The van der Waals surface area contributed by atoms with E-state index < -0.39 is 5.60 Å². The van der Waals surface area contributed by atoms with Gasteiger partial charge in [0.05, 0.1) is 0 Å². The largest absolute Gasteiger partial charge is 0.444 e. The Hall–Kier alpha value is -0.770. The third-order valence-corrected chi connectivity index (χ3v) is 2.21. The zero-order chi connectivity index (χ0) is 12.8. The van der Waals surface area contributed by atoms with Crippen LogP contribution in [0.1, 0.15) is 48.0 Å². The van der Waals surface area contributed by atoms with Gasteiger partial charge in [0.1, 0.15) is 5.60 Å². The van der Waals surface area contributed by atoms with Crippen molar-refractivity contribution in [3.05, 3.63) is 0 Å². The molecular weight excluding hydrogens is 204 g/mol. The lowest BCUT2D eigenvalue weighted by atomic mass is 10.1. The maximum Gasteiger partial charge on any atom is 0.407 e. The average molecular weight is 230 g/mol.